The van der Waals surface area contributed by atoms with E-state index >= 15 is 0 Å². The number of fused-ring (bicyclic) bond motifs is 1. The first-order valence-electron chi connectivity index (χ1n) is 8.25. The van der Waals surface area contributed by atoms with E-state index in [0.717, 1.165) is 24.3 Å². The Morgan fingerprint density at radius 2 is 2.22 bits per heavy atom. The minimum atomic E-state index is -1.04. The second kappa shape index (κ2) is 6.11. The van der Waals surface area contributed by atoms with E-state index in [1.165, 1.54) is 4.90 Å². The van der Waals surface area contributed by atoms with Crippen LogP contribution in [0.15, 0.2) is 10.6 Å². The molecule has 0 radical (unpaired) electrons. The quantitative estimate of drug-likeness (QED) is 0.647. The lowest BCUT2D eigenvalue weighted by molar-refractivity contribution is -0.163. The average Bonchev–Trinajstić information content (AvgIpc) is 3.02. The molecular weight excluding hydrogens is 316 g/mol. The first-order valence-corrected chi connectivity index (χ1v) is 9.13. The first kappa shape index (κ1) is 16.8. The number of rotatable bonds is 5. The van der Waals surface area contributed by atoms with Crippen LogP contribution in [0.3, 0.4) is 0 Å². The zero-order valence-electron chi connectivity index (χ0n) is 13.7. The van der Waals surface area contributed by atoms with Gasteiger partial charge in [0, 0.05) is 28.7 Å². The van der Waals surface area contributed by atoms with Crippen molar-refractivity contribution < 1.29 is 19.8 Å². The second-order valence-electron chi connectivity index (χ2n) is 6.76. The Morgan fingerprint density at radius 1 is 1.52 bits per heavy atom. The molecule has 0 spiro atoms. The van der Waals surface area contributed by atoms with Gasteiger partial charge in [0.25, 0.3) is 0 Å². The van der Waals surface area contributed by atoms with Gasteiger partial charge >= 0.3 is 5.97 Å². The van der Waals surface area contributed by atoms with Crippen molar-refractivity contribution in [3.63, 3.8) is 0 Å². The van der Waals surface area contributed by atoms with Gasteiger partial charge in [-0.3, -0.25) is 4.79 Å². The number of carboxylic acids is 1. The van der Waals surface area contributed by atoms with Crippen molar-refractivity contribution in [3.8, 4) is 0 Å². The molecule has 2 fully saturated rings. The summed E-state index contributed by atoms with van der Waals surface area (Å²) in [4.78, 5) is 26.2. The van der Waals surface area contributed by atoms with Crippen molar-refractivity contribution >= 4 is 23.6 Å². The summed E-state index contributed by atoms with van der Waals surface area (Å²) in [7, 11) is 0. The molecular formula is C16H24N2O4S. The van der Waals surface area contributed by atoms with Crippen LogP contribution in [0.1, 0.15) is 33.6 Å². The number of amides is 1. The number of carboxylic acid groups (broad SMARTS) is 1. The number of β-lactam (4-membered cyclic amide) rings is 1. The highest BCUT2D eigenvalue weighted by Crippen LogP contribution is 2.51. The Balaban J connectivity index is 1.83. The topological polar surface area (TPSA) is 89.9 Å². The molecule has 0 aromatic carbocycles. The number of nitrogens with zero attached hydrogens (tertiary/aromatic N) is 1. The van der Waals surface area contributed by atoms with Gasteiger partial charge in [-0.05, 0) is 19.8 Å². The van der Waals surface area contributed by atoms with Crippen LogP contribution in [0.25, 0.3) is 0 Å². The van der Waals surface area contributed by atoms with Crippen molar-refractivity contribution in [2.75, 3.05) is 6.54 Å². The predicted octanol–water partition coefficient (Wildman–Crippen LogP) is 1.01. The maximum absolute atomic E-state index is 12.3. The van der Waals surface area contributed by atoms with Gasteiger partial charge in [0.05, 0.1) is 18.1 Å². The number of aliphatic hydroxyl groups is 1. The first-order chi connectivity index (χ1) is 10.9. The summed E-state index contributed by atoms with van der Waals surface area (Å²) in [5.41, 5.74) is 0.134. The molecule has 6 atom stereocenters. The number of carbonyl (C=O) groups is 2. The highest BCUT2D eigenvalue weighted by Gasteiger charge is 2.60. The average molecular weight is 340 g/mol. The fourth-order valence-corrected chi connectivity index (χ4v) is 5.56. The maximum Gasteiger partial charge on any atom is 0.353 e. The molecule has 0 aromatic rings. The molecule has 6 unspecified atom stereocenters. The monoisotopic (exact) mass is 340 g/mol. The zero-order valence-corrected chi connectivity index (χ0v) is 14.5. The molecule has 128 valence electrons. The van der Waals surface area contributed by atoms with Gasteiger partial charge in [-0.15, -0.1) is 11.8 Å². The predicted molar refractivity (Wildman–Crippen MR) is 87.7 cm³/mol. The van der Waals surface area contributed by atoms with Gasteiger partial charge in [0.15, 0.2) is 0 Å². The molecule has 0 bridgehead atoms. The van der Waals surface area contributed by atoms with Gasteiger partial charge < -0.3 is 20.4 Å². The second-order valence-corrected chi connectivity index (χ2v) is 8.10. The molecule has 23 heavy (non-hydrogen) atoms. The molecule has 7 heteroatoms. The van der Waals surface area contributed by atoms with Crippen LogP contribution in [0.5, 0.6) is 0 Å². The number of hydrogen-bond acceptors (Lipinski definition) is 5. The smallest absolute Gasteiger partial charge is 0.353 e. The number of aliphatic carboxylic acids is 1. The molecule has 3 aliphatic heterocycles. The van der Waals surface area contributed by atoms with E-state index in [1.54, 1.807) is 18.7 Å². The molecule has 0 aromatic heterocycles. The van der Waals surface area contributed by atoms with Gasteiger partial charge in [0.2, 0.25) is 5.91 Å². The number of thioether (sulfide) groups is 1. The summed E-state index contributed by atoms with van der Waals surface area (Å²) < 4.78 is 0. The molecule has 3 aliphatic rings. The van der Waals surface area contributed by atoms with Crippen molar-refractivity contribution in [1.29, 1.82) is 0 Å². The highest BCUT2D eigenvalue weighted by atomic mass is 32.2. The largest absolute Gasteiger partial charge is 0.477 e. The van der Waals surface area contributed by atoms with E-state index in [0.29, 0.717) is 11.3 Å². The molecule has 0 aliphatic carbocycles. The molecule has 3 N–H and O–H groups in total. The summed E-state index contributed by atoms with van der Waals surface area (Å²) in [6.45, 7) is 6.58. The van der Waals surface area contributed by atoms with Crippen molar-refractivity contribution in [3.05, 3.63) is 10.6 Å². The Hall–Kier alpha value is -1.05. The van der Waals surface area contributed by atoms with Gasteiger partial charge in [0.1, 0.15) is 5.70 Å². The summed E-state index contributed by atoms with van der Waals surface area (Å²) in [6.07, 6.45) is 1.33. The van der Waals surface area contributed by atoms with E-state index in [2.05, 4.69) is 12.2 Å². The lowest BCUT2D eigenvalue weighted by atomic mass is 9.79. The molecule has 3 rings (SSSR count). The van der Waals surface area contributed by atoms with Crippen LogP contribution < -0.4 is 5.32 Å². The van der Waals surface area contributed by atoms with Gasteiger partial charge in [-0.2, -0.15) is 0 Å². The Bertz CT molecular complexity index is 562. The maximum atomic E-state index is 12.3. The Kier molecular flexibility index (Phi) is 4.46. The number of nitrogens with one attached hydrogen (secondary N) is 1. The summed E-state index contributed by atoms with van der Waals surface area (Å²) in [5.74, 6) is -1.83. The third kappa shape index (κ3) is 2.58. The minimum absolute atomic E-state index is 0.0379. The third-order valence-electron chi connectivity index (χ3n) is 5.28. The fraction of sp³-hybridized carbons (Fsp3) is 0.750. The summed E-state index contributed by atoms with van der Waals surface area (Å²) >= 11 is 1.60. The van der Waals surface area contributed by atoms with Crippen molar-refractivity contribution in [1.82, 2.24) is 10.2 Å². The Morgan fingerprint density at radius 3 is 2.74 bits per heavy atom. The number of carbonyl (C=O) groups excluding carboxylic acids is 1. The minimum Gasteiger partial charge on any atom is -0.477 e. The van der Waals surface area contributed by atoms with Crippen LogP contribution in [0.2, 0.25) is 0 Å². The van der Waals surface area contributed by atoms with E-state index in [9.17, 15) is 19.8 Å². The normalized spacial score (nSPS) is 37.8. The summed E-state index contributed by atoms with van der Waals surface area (Å²) in [5, 5.41) is 23.2. The lowest BCUT2D eigenvalue weighted by Gasteiger charge is -2.46. The lowest BCUT2D eigenvalue weighted by Crippen LogP contribution is -2.63. The molecule has 6 nitrogen and oxygen atoms in total. The van der Waals surface area contributed by atoms with Crippen molar-refractivity contribution in [2.45, 2.75) is 57.1 Å². The molecule has 3 heterocycles. The SMILES string of the molecule is CCC1CC(SC2=C(C(=O)O)N3C(=O)C(C(C)O)C3C2C)CN1. The standard InChI is InChI=1S/C16H24N2O4S/c1-4-9-5-10(6-17-9)23-14-7(2)12-11(8(3)19)15(20)18(12)13(14)16(21)22/h7-12,17,19H,4-6H2,1-3H3,(H,21,22). The van der Waals surface area contributed by atoms with E-state index < -0.39 is 18.0 Å². The fourth-order valence-electron chi connectivity index (χ4n) is 4.04. The highest BCUT2D eigenvalue weighted by molar-refractivity contribution is 8.03. The zero-order chi connectivity index (χ0) is 16.9. The van der Waals surface area contributed by atoms with Crippen LogP contribution in [-0.4, -0.2) is 57.0 Å². The summed E-state index contributed by atoms with van der Waals surface area (Å²) in [6, 6.07) is 0.273. The molecule has 1 amide bonds. The third-order valence-corrected chi connectivity index (χ3v) is 6.79. The van der Waals surface area contributed by atoms with Crippen molar-refractivity contribution in [2.24, 2.45) is 11.8 Å². The van der Waals surface area contributed by atoms with Crippen LogP contribution in [0.4, 0.5) is 0 Å². The van der Waals surface area contributed by atoms with Gasteiger partial charge in [-0.25, -0.2) is 4.79 Å². The van der Waals surface area contributed by atoms with Crippen LogP contribution in [-0.2, 0) is 9.59 Å². The molecule has 0 saturated carbocycles. The van der Waals surface area contributed by atoms with E-state index in [4.69, 9.17) is 0 Å². The molecule has 2 saturated heterocycles. The van der Waals surface area contributed by atoms with Gasteiger partial charge in [-0.1, -0.05) is 13.8 Å². The Labute approximate surface area is 140 Å². The van der Waals surface area contributed by atoms with Crippen LogP contribution >= 0.6 is 11.8 Å². The van der Waals surface area contributed by atoms with E-state index in [1.807, 2.05) is 6.92 Å². The van der Waals surface area contributed by atoms with E-state index in [-0.39, 0.29) is 23.6 Å². The van der Waals surface area contributed by atoms with Crippen LogP contribution in [0, 0.1) is 11.8 Å². The number of aliphatic hydroxyl groups excluding tert-OH is 1. The number of hydrogen-bond donors (Lipinski definition) is 3.